The standard InChI is InChI=1S/C9H15NO.ClH/c1-8(2)6-10-7-9-4-3-5-11-9;/h3-5,8,10H,6-7H2,1-2H3;1H/p-1. The summed E-state index contributed by atoms with van der Waals surface area (Å²) >= 11 is 0. The highest BCUT2D eigenvalue weighted by molar-refractivity contribution is 4.97. The van der Waals surface area contributed by atoms with Crippen LogP contribution in [0.25, 0.3) is 0 Å². The van der Waals surface area contributed by atoms with Gasteiger partial charge in [-0.2, -0.15) is 0 Å². The lowest BCUT2D eigenvalue weighted by Crippen LogP contribution is -3.00. The van der Waals surface area contributed by atoms with Gasteiger partial charge in [0.25, 0.3) is 0 Å². The fourth-order valence-corrected chi connectivity index (χ4v) is 0.897. The van der Waals surface area contributed by atoms with Crippen LogP contribution in [0, 0.1) is 5.92 Å². The number of nitrogens with one attached hydrogen (secondary N) is 1. The zero-order valence-corrected chi connectivity index (χ0v) is 8.27. The zero-order chi connectivity index (χ0) is 8.10. The van der Waals surface area contributed by atoms with E-state index in [0.717, 1.165) is 18.8 Å². The molecule has 0 radical (unpaired) electrons. The molecule has 2 nitrogen and oxygen atoms in total. The molecule has 1 rings (SSSR count). The lowest BCUT2D eigenvalue weighted by molar-refractivity contribution is -0.00000305. The summed E-state index contributed by atoms with van der Waals surface area (Å²) in [5.74, 6) is 1.70. The summed E-state index contributed by atoms with van der Waals surface area (Å²) < 4.78 is 5.15. The molecule has 1 heterocycles. The van der Waals surface area contributed by atoms with Gasteiger partial charge in [-0.15, -0.1) is 0 Å². The van der Waals surface area contributed by atoms with Gasteiger partial charge in [-0.3, -0.25) is 0 Å². The predicted octanol–water partition coefficient (Wildman–Crippen LogP) is -0.971. The van der Waals surface area contributed by atoms with Crippen LogP contribution in [0.2, 0.25) is 0 Å². The van der Waals surface area contributed by atoms with Crippen LogP contribution < -0.4 is 17.7 Å². The lowest BCUT2D eigenvalue weighted by Gasteiger charge is -2.04. The molecule has 0 aromatic carbocycles. The van der Waals surface area contributed by atoms with Gasteiger partial charge in [0.2, 0.25) is 0 Å². The molecule has 0 unspecified atom stereocenters. The highest BCUT2D eigenvalue weighted by Gasteiger charge is 1.95. The maximum Gasteiger partial charge on any atom is 0.117 e. The van der Waals surface area contributed by atoms with Gasteiger partial charge in [-0.25, -0.2) is 0 Å². The van der Waals surface area contributed by atoms with Gasteiger partial charge in [0.1, 0.15) is 5.76 Å². The number of hydrogen-bond acceptors (Lipinski definition) is 2. The molecule has 0 fully saturated rings. The van der Waals surface area contributed by atoms with Crippen LogP contribution in [-0.4, -0.2) is 6.54 Å². The summed E-state index contributed by atoms with van der Waals surface area (Å²) in [5.41, 5.74) is 0. The van der Waals surface area contributed by atoms with Crippen molar-refractivity contribution in [2.45, 2.75) is 20.4 Å². The van der Waals surface area contributed by atoms with E-state index in [1.165, 1.54) is 0 Å². The number of furan rings is 1. The molecule has 70 valence electrons. The number of halogens is 1. The van der Waals surface area contributed by atoms with E-state index in [1.807, 2.05) is 12.1 Å². The molecular formula is C9H15ClNO-. The Morgan fingerprint density at radius 1 is 1.50 bits per heavy atom. The lowest BCUT2D eigenvalue weighted by atomic mass is 10.2. The average molecular weight is 189 g/mol. The molecule has 0 aliphatic carbocycles. The molecule has 12 heavy (non-hydrogen) atoms. The van der Waals surface area contributed by atoms with Crippen molar-refractivity contribution >= 4 is 0 Å². The molecule has 0 aliphatic heterocycles. The minimum atomic E-state index is 0. The Morgan fingerprint density at radius 3 is 2.75 bits per heavy atom. The summed E-state index contributed by atoms with van der Waals surface area (Å²) in [6, 6.07) is 3.89. The summed E-state index contributed by atoms with van der Waals surface area (Å²) in [4.78, 5) is 0. The van der Waals surface area contributed by atoms with E-state index in [9.17, 15) is 0 Å². The molecular weight excluding hydrogens is 174 g/mol. The minimum Gasteiger partial charge on any atom is -1.00 e. The van der Waals surface area contributed by atoms with Crippen LogP contribution in [0.4, 0.5) is 0 Å². The normalized spacial score (nSPS) is 9.92. The molecule has 1 N–H and O–H groups in total. The first kappa shape index (κ1) is 11.5. The van der Waals surface area contributed by atoms with Crippen LogP contribution in [0.3, 0.4) is 0 Å². The van der Waals surface area contributed by atoms with Crippen molar-refractivity contribution in [1.29, 1.82) is 0 Å². The average Bonchev–Trinajstić information content (AvgIpc) is 2.39. The fourth-order valence-electron chi connectivity index (χ4n) is 0.897. The molecule has 0 bridgehead atoms. The van der Waals surface area contributed by atoms with Crippen molar-refractivity contribution in [1.82, 2.24) is 5.32 Å². The quantitative estimate of drug-likeness (QED) is 0.658. The Morgan fingerprint density at radius 2 is 2.25 bits per heavy atom. The number of rotatable bonds is 4. The minimum absolute atomic E-state index is 0. The molecule has 0 spiro atoms. The van der Waals surface area contributed by atoms with Crippen molar-refractivity contribution in [2.75, 3.05) is 6.54 Å². The van der Waals surface area contributed by atoms with Gasteiger partial charge < -0.3 is 22.1 Å². The Kier molecular flexibility index (Phi) is 5.85. The van der Waals surface area contributed by atoms with Gasteiger partial charge in [0.15, 0.2) is 0 Å². The van der Waals surface area contributed by atoms with Crippen LogP contribution in [0.5, 0.6) is 0 Å². The Hall–Kier alpha value is -0.470. The van der Waals surface area contributed by atoms with E-state index < -0.39 is 0 Å². The van der Waals surface area contributed by atoms with Gasteiger partial charge in [-0.05, 0) is 24.6 Å². The van der Waals surface area contributed by atoms with Gasteiger partial charge in [-0.1, -0.05) is 13.8 Å². The van der Waals surface area contributed by atoms with Crippen molar-refractivity contribution in [3.05, 3.63) is 24.2 Å². The molecule has 0 aliphatic rings. The van der Waals surface area contributed by atoms with Crippen LogP contribution in [-0.2, 0) is 6.54 Å². The second kappa shape index (κ2) is 6.09. The van der Waals surface area contributed by atoms with Crippen molar-refractivity contribution in [3.8, 4) is 0 Å². The smallest absolute Gasteiger partial charge is 0.117 e. The second-order valence-electron chi connectivity index (χ2n) is 3.10. The van der Waals surface area contributed by atoms with E-state index >= 15 is 0 Å². The SMILES string of the molecule is CC(C)CNCc1ccco1.[Cl-]. The third-order valence-corrected chi connectivity index (χ3v) is 1.43. The maximum absolute atomic E-state index is 5.15. The fraction of sp³-hybridized carbons (Fsp3) is 0.556. The molecule has 3 heteroatoms. The summed E-state index contributed by atoms with van der Waals surface area (Å²) in [6.45, 7) is 6.26. The van der Waals surface area contributed by atoms with E-state index in [2.05, 4.69) is 19.2 Å². The predicted molar refractivity (Wildman–Crippen MR) is 45.3 cm³/mol. The molecule has 0 saturated heterocycles. The first-order valence-corrected chi connectivity index (χ1v) is 4.02. The van der Waals surface area contributed by atoms with Gasteiger partial charge in [0, 0.05) is 0 Å². The molecule has 0 amide bonds. The zero-order valence-electron chi connectivity index (χ0n) is 7.51. The first-order chi connectivity index (χ1) is 5.29. The highest BCUT2D eigenvalue weighted by atomic mass is 35.5. The molecule has 1 aromatic rings. The third kappa shape index (κ3) is 4.42. The molecule has 1 aromatic heterocycles. The van der Waals surface area contributed by atoms with Crippen molar-refractivity contribution in [3.63, 3.8) is 0 Å². The third-order valence-electron chi connectivity index (χ3n) is 1.43. The topological polar surface area (TPSA) is 25.2 Å². The second-order valence-corrected chi connectivity index (χ2v) is 3.10. The van der Waals surface area contributed by atoms with Gasteiger partial charge in [0.05, 0.1) is 12.8 Å². The Bertz CT molecular complexity index is 184. The monoisotopic (exact) mass is 188 g/mol. The van der Waals surface area contributed by atoms with E-state index in [0.29, 0.717) is 5.92 Å². The van der Waals surface area contributed by atoms with Crippen LogP contribution >= 0.6 is 0 Å². The summed E-state index contributed by atoms with van der Waals surface area (Å²) in [7, 11) is 0. The summed E-state index contributed by atoms with van der Waals surface area (Å²) in [5, 5.41) is 3.29. The molecule has 0 saturated carbocycles. The first-order valence-electron chi connectivity index (χ1n) is 4.02. The highest BCUT2D eigenvalue weighted by Crippen LogP contribution is 1.98. The van der Waals surface area contributed by atoms with E-state index in [4.69, 9.17) is 4.42 Å². The van der Waals surface area contributed by atoms with Crippen molar-refractivity contribution < 1.29 is 16.8 Å². The van der Waals surface area contributed by atoms with Crippen LogP contribution in [0.15, 0.2) is 22.8 Å². The van der Waals surface area contributed by atoms with Crippen LogP contribution in [0.1, 0.15) is 19.6 Å². The Balaban J connectivity index is 0.00000121. The molecule has 0 atom stereocenters. The number of hydrogen-bond donors (Lipinski definition) is 1. The Labute approximate surface area is 79.8 Å². The van der Waals surface area contributed by atoms with Crippen molar-refractivity contribution in [2.24, 2.45) is 5.92 Å². The summed E-state index contributed by atoms with van der Waals surface area (Å²) in [6.07, 6.45) is 1.70. The van der Waals surface area contributed by atoms with Gasteiger partial charge >= 0.3 is 0 Å². The largest absolute Gasteiger partial charge is 1.00 e. The van der Waals surface area contributed by atoms with E-state index in [-0.39, 0.29) is 12.4 Å². The van der Waals surface area contributed by atoms with E-state index in [1.54, 1.807) is 6.26 Å². The maximum atomic E-state index is 5.15.